The van der Waals surface area contributed by atoms with Gasteiger partial charge in [0.1, 0.15) is 5.75 Å². The summed E-state index contributed by atoms with van der Waals surface area (Å²) >= 11 is 0. The maximum absolute atomic E-state index is 13.6. The number of rotatable bonds is 7. The standard InChI is InChI=1S/C26H27N3O3/c1-19-6-3-4-8-21(19)17-28(16-20-7-5-13-27-15-20)26(31)22-14-25(30)29(18-22)23-9-11-24(32-2)12-10-23/h3-13,15,22H,14,16-18H2,1-2H3. The number of methoxy groups -OCH3 is 1. The lowest BCUT2D eigenvalue weighted by Crippen LogP contribution is -2.37. The Morgan fingerprint density at radius 3 is 2.56 bits per heavy atom. The highest BCUT2D eigenvalue weighted by Gasteiger charge is 2.37. The van der Waals surface area contributed by atoms with Gasteiger partial charge in [0, 0.05) is 44.1 Å². The minimum atomic E-state index is -0.384. The maximum atomic E-state index is 13.6. The van der Waals surface area contributed by atoms with Crippen molar-refractivity contribution in [3.63, 3.8) is 0 Å². The van der Waals surface area contributed by atoms with Gasteiger partial charge in [-0.2, -0.15) is 0 Å². The topological polar surface area (TPSA) is 62.7 Å². The number of amides is 2. The van der Waals surface area contributed by atoms with Gasteiger partial charge in [-0.25, -0.2) is 0 Å². The van der Waals surface area contributed by atoms with Crippen molar-refractivity contribution in [2.24, 2.45) is 5.92 Å². The number of anilines is 1. The second kappa shape index (κ2) is 9.64. The van der Waals surface area contributed by atoms with E-state index in [4.69, 9.17) is 4.74 Å². The lowest BCUT2D eigenvalue weighted by Gasteiger charge is -2.26. The number of hydrogen-bond donors (Lipinski definition) is 0. The third kappa shape index (κ3) is 4.80. The van der Waals surface area contributed by atoms with Gasteiger partial charge in [0.15, 0.2) is 0 Å². The van der Waals surface area contributed by atoms with Crippen LogP contribution in [0.2, 0.25) is 0 Å². The van der Waals surface area contributed by atoms with Crippen LogP contribution in [0.5, 0.6) is 5.75 Å². The van der Waals surface area contributed by atoms with Crippen molar-refractivity contribution in [1.82, 2.24) is 9.88 Å². The fourth-order valence-electron chi connectivity index (χ4n) is 4.06. The molecule has 1 saturated heterocycles. The molecule has 0 aliphatic carbocycles. The molecule has 0 spiro atoms. The lowest BCUT2D eigenvalue weighted by atomic mass is 10.0. The van der Waals surface area contributed by atoms with Gasteiger partial charge in [-0.05, 0) is 53.9 Å². The summed E-state index contributed by atoms with van der Waals surface area (Å²) in [5.74, 6) is 0.298. The molecule has 1 aromatic heterocycles. The molecule has 1 unspecified atom stereocenters. The van der Waals surface area contributed by atoms with E-state index in [0.717, 1.165) is 28.1 Å². The predicted octanol–water partition coefficient (Wildman–Crippen LogP) is 3.98. The monoisotopic (exact) mass is 429 g/mol. The number of aromatic nitrogens is 1. The summed E-state index contributed by atoms with van der Waals surface area (Å²) in [6.45, 7) is 3.37. The first-order valence-electron chi connectivity index (χ1n) is 10.7. The molecule has 3 aromatic rings. The molecule has 164 valence electrons. The van der Waals surface area contributed by atoms with Crippen LogP contribution in [0.25, 0.3) is 0 Å². The molecule has 0 radical (unpaired) electrons. The van der Waals surface area contributed by atoms with E-state index in [9.17, 15) is 9.59 Å². The predicted molar refractivity (Wildman–Crippen MR) is 123 cm³/mol. The van der Waals surface area contributed by atoms with Gasteiger partial charge in [-0.15, -0.1) is 0 Å². The van der Waals surface area contributed by atoms with Crippen molar-refractivity contribution < 1.29 is 14.3 Å². The summed E-state index contributed by atoms with van der Waals surface area (Å²) in [5, 5.41) is 0. The number of carbonyl (C=O) groups excluding carboxylic acids is 2. The average Bonchev–Trinajstić information content (AvgIpc) is 3.22. The highest BCUT2D eigenvalue weighted by atomic mass is 16.5. The Bertz CT molecular complexity index is 1080. The third-order valence-corrected chi connectivity index (χ3v) is 5.89. The van der Waals surface area contributed by atoms with Gasteiger partial charge >= 0.3 is 0 Å². The van der Waals surface area contributed by atoms with Gasteiger partial charge in [-0.1, -0.05) is 30.3 Å². The summed E-state index contributed by atoms with van der Waals surface area (Å²) in [7, 11) is 1.61. The maximum Gasteiger partial charge on any atom is 0.228 e. The molecule has 6 heteroatoms. The number of pyridine rings is 1. The van der Waals surface area contributed by atoms with Crippen LogP contribution in [0.4, 0.5) is 5.69 Å². The molecule has 2 heterocycles. The molecule has 1 aliphatic heterocycles. The second-order valence-corrected chi connectivity index (χ2v) is 8.09. The molecule has 0 N–H and O–H groups in total. The summed E-state index contributed by atoms with van der Waals surface area (Å²) in [6.07, 6.45) is 3.71. The van der Waals surface area contributed by atoms with Gasteiger partial charge in [0.25, 0.3) is 0 Å². The van der Waals surface area contributed by atoms with E-state index in [2.05, 4.69) is 4.98 Å². The van der Waals surface area contributed by atoms with Crippen molar-refractivity contribution in [3.8, 4) is 5.75 Å². The molecule has 32 heavy (non-hydrogen) atoms. The van der Waals surface area contributed by atoms with E-state index >= 15 is 0 Å². The van der Waals surface area contributed by atoms with Crippen molar-refractivity contribution in [1.29, 1.82) is 0 Å². The van der Waals surface area contributed by atoms with E-state index in [-0.39, 0.29) is 24.2 Å². The minimum Gasteiger partial charge on any atom is -0.497 e. The van der Waals surface area contributed by atoms with Gasteiger partial charge in [0.2, 0.25) is 11.8 Å². The number of ether oxygens (including phenoxy) is 1. The van der Waals surface area contributed by atoms with E-state index in [0.29, 0.717) is 19.6 Å². The summed E-state index contributed by atoms with van der Waals surface area (Å²) < 4.78 is 5.20. The van der Waals surface area contributed by atoms with Crippen molar-refractivity contribution in [2.75, 3.05) is 18.6 Å². The first-order chi connectivity index (χ1) is 15.5. The molecule has 1 aliphatic rings. The van der Waals surface area contributed by atoms with E-state index in [1.807, 2.05) is 72.5 Å². The van der Waals surface area contributed by atoms with E-state index < -0.39 is 0 Å². The Balaban J connectivity index is 1.54. The molecule has 1 atom stereocenters. The Morgan fingerprint density at radius 2 is 1.88 bits per heavy atom. The lowest BCUT2D eigenvalue weighted by molar-refractivity contribution is -0.137. The van der Waals surface area contributed by atoms with Gasteiger partial charge in [-0.3, -0.25) is 14.6 Å². The zero-order valence-corrected chi connectivity index (χ0v) is 18.4. The van der Waals surface area contributed by atoms with Crippen molar-refractivity contribution >= 4 is 17.5 Å². The van der Waals surface area contributed by atoms with Crippen molar-refractivity contribution in [3.05, 3.63) is 89.7 Å². The number of benzene rings is 2. The first kappa shape index (κ1) is 21.6. The minimum absolute atomic E-state index is 0.0125. The van der Waals surface area contributed by atoms with Gasteiger partial charge < -0.3 is 14.5 Å². The van der Waals surface area contributed by atoms with Crippen LogP contribution in [0, 0.1) is 12.8 Å². The Labute approximate surface area is 188 Å². The Morgan fingerprint density at radius 1 is 1.09 bits per heavy atom. The fourth-order valence-corrected chi connectivity index (χ4v) is 4.06. The van der Waals surface area contributed by atoms with Crippen LogP contribution < -0.4 is 9.64 Å². The van der Waals surface area contributed by atoms with Crippen LogP contribution >= 0.6 is 0 Å². The molecule has 0 bridgehead atoms. The highest BCUT2D eigenvalue weighted by Crippen LogP contribution is 2.29. The zero-order valence-electron chi connectivity index (χ0n) is 18.4. The summed E-state index contributed by atoms with van der Waals surface area (Å²) in [4.78, 5) is 34.1. The zero-order chi connectivity index (χ0) is 22.5. The third-order valence-electron chi connectivity index (χ3n) is 5.89. The molecule has 0 saturated carbocycles. The largest absolute Gasteiger partial charge is 0.497 e. The number of nitrogens with zero attached hydrogens (tertiary/aromatic N) is 3. The van der Waals surface area contributed by atoms with E-state index in [1.165, 1.54) is 0 Å². The summed E-state index contributed by atoms with van der Waals surface area (Å²) in [5.41, 5.74) is 3.98. The van der Waals surface area contributed by atoms with Gasteiger partial charge in [0.05, 0.1) is 13.0 Å². The molecule has 1 fully saturated rings. The number of carbonyl (C=O) groups is 2. The molecular weight excluding hydrogens is 402 g/mol. The van der Waals surface area contributed by atoms with Crippen LogP contribution in [0.1, 0.15) is 23.1 Å². The smallest absolute Gasteiger partial charge is 0.228 e. The van der Waals surface area contributed by atoms with Crippen LogP contribution in [0.3, 0.4) is 0 Å². The number of aryl methyl sites for hydroxylation is 1. The van der Waals surface area contributed by atoms with Crippen LogP contribution in [-0.2, 0) is 22.7 Å². The normalized spacial score (nSPS) is 15.6. The first-order valence-corrected chi connectivity index (χ1v) is 10.7. The molecular formula is C26H27N3O3. The highest BCUT2D eigenvalue weighted by molar-refractivity contribution is 6.00. The quantitative estimate of drug-likeness (QED) is 0.570. The number of hydrogen-bond acceptors (Lipinski definition) is 4. The molecule has 6 nitrogen and oxygen atoms in total. The Kier molecular flexibility index (Phi) is 6.50. The molecule has 4 rings (SSSR count). The summed E-state index contributed by atoms with van der Waals surface area (Å²) in [6, 6.07) is 19.3. The average molecular weight is 430 g/mol. The molecule has 2 amide bonds. The van der Waals surface area contributed by atoms with Crippen LogP contribution in [0.15, 0.2) is 73.1 Å². The van der Waals surface area contributed by atoms with Crippen LogP contribution in [-0.4, -0.2) is 35.4 Å². The fraction of sp³-hybridized carbons (Fsp3) is 0.269. The SMILES string of the molecule is COc1ccc(N2CC(C(=O)N(Cc3cccnc3)Cc3ccccc3C)CC2=O)cc1. The van der Waals surface area contributed by atoms with Crippen molar-refractivity contribution in [2.45, 2.75) is 26.4 Å². The molecule has 2 aromatic carbocycles. The Hall–Kier alpha value is -3.67. The second-order valence-electron chi connectivity index (χ2n) is 8.09. The van der Waals surface area contributed by atoms with E-state index in [1.54, 1.807) is 24.4 Å².